The van der Waals surface area contributed by atoms with Gasteiger partial charge in [-0.05, 0) is 5.56 Å². The van der Waals surface area contributed by atoms with Gasteiger partial charge in [0.05, 0.1) is 12.3 Å². The predicted octanol–water partition coefficient (Wildman–Crippen LogP) is 0.539. The van der Waals surface area contributed by atoms with E-state index in [1.54, 1.807) is 11.9 Å². The van der Waals surface area contributed by atoms with Crippen LogP contribution in [0.15, 0.2) is 47.7 Å². The molecule has 3 heterocycles. The summed E-state index contributed by atoms with van der Waals surface area (Å²) in [5.41, 5.74) is 1.18. The van der Waals surface area contributed by atoms with Crippen LogP contribution >= 0.6 is 0 Å². The first-order valence-electron chi connectivity index (χ1n) is 9.42. The van der Waals surface area contributed by atoms with Crippen molar-refractivity contribution in [3.63, 3.8) is 0 Å². The maximum absolute atomic E-state index is 12.7. The number of carbonyl (C=O) groups excluding carboxylic acids is 1. The summed E-state index contributed by atoms with van der Waals surface area (Å²) < 4.78 is 2.85. The number of carbonyl (C=O) groups is 1. The van der Waals surface area contributed by atoms with Gasteiger partial charge in [-0.25, -0.2) is 4.98 Å². The van der Waals surface area contributed by atoms with Crippen LogP contribution in [0.1, 0.15) is 11.6 Å². The third-order valence-electron chi connectivity index (χ3n) is 5.29. The zero-order valence-corrected chi connectivity index (χ0v) is 16.1. The minimum absolute atomic E-state index is 0.0585. The molecule has 0 radical (unpaired) electrons. The van der Waals surface area contributed by atoms with Crippen LogP contribution in [-0.2, 0) is 18.4 Å². The van der Waals surface area contributed by atoms with Crippen molar-refractivity contribution in [1.82, 2.24) is 29.1 Å². The quantitative estimate of drug-likeness (QED) is 0.644. The Hall–Kier alpha value is -3.51. The molecule has 0 unspecified atom stereocenters. The van der Waals surface area contributed by atoms with E-state index >= 15 is 0 Å². The molecule has 148 valence electrons. The maximum atomic E-state index is 12.7. The van der Waals surface area contributed by atoms with Gasteiger partial charge in [0.15, 0.2) is 5.65 Å². The summed E-state index contributed by atoms with van der Waals surface area (Å²) in [7, 11) is 1.72. The van der Waals surface area contributed by atoms with E-state index < -0.39 is 0 Å². The van der Waals surface area contributed by atoms with Crippen molar-refractivity contribution in [2.45, 2.75) is 12.6 Å². The maximum Gasteiger partial charge on any atom is 0.264 e. The monoisotopic (exact) mass is 391 g/mol. The number of hydrogen-bond donors (Lipinski definition) is 0. The van der Waals surface area contributed by atoms with E-state index in [0.717, 1.165) is 5.56 Å². The molecule has 1 amide bonds. The zero-order chi connectivity index (χ0) is 20.4. The normalized spacial score (nSPS) is 15.9. The Morgan fingerprint density at radius 1 is 1.21 bits per heavy atom. The second-order valence-electron chi connectivity index (χ2n) is 7.04. The van der Waals surface area contributed by atoms with E-state index in [4.69, 9.17) is 0 Å². The van der Waals surface area contributed by atoms with Gasteiger partial charge in [0.2, 0.25) is 5.91 Å². The fourth-order valence-electron chi connectivity index (χ4n) is 3.66. The summed E-state index contributed by atoms with van der Waals surface area (Å²) in [5.74, 6) is -0.134. The zero-order valence-electron chi connectivity index (χ0n) is 16.1. The highest BCUT2D eigenvalue weighted by atomic mass is 16.2. The lowest BCUT2D eigenvalue weighted by Gasteiger charge is -2.37. The Balaban J connectivity index is 1.41. The first kappa shape index (κ1) is 18.8. The number of amides is 1. The summed E-state index contributed by atoms with van der Waals surface area (Å²) in [4.78, 5) is 33.3. The van der Waals surface area contributed by atoms with Gasteiger partial charge in [0, 0.05) is 33.2 Å². The Bertz CT molecular complexity index is 1120. The Kier molecular flexibility index (Phi) is 5.10. The molecule has 9 heteroatoms. The molecule has 2 aromatic heterocycles. The molecule has 1 saturated heterocycles. The van der Waals surface area contributed by atoms with E-state index in [1.165, 1.54) is 21.8 Å². The molecular formula is C20H21N7O2. The van der Waals surface area contributed by atoms with Crippen molar-refractivity contribution in [2.24, 2.45) is 7.05 Å². The summed E-state index contributed by atoms with van der Waals surface area (Å²) in [6.07, 6.45) is 2.86. The van der Waals surface area contributed by atoms with Crippen LogP contribution in [0.2, 0.25) is 0 Å². The van der Waals surface area contributed by atoms with Crippen molar-refractivity contribution in [3.8, 4) is 6.07 Å². The lowest BCUT2D eigenvalue weighted by atomic mass is 10.1. The number of fused-ring (bicyclic) bond motifs is 1. The molecule has 1 aliphatic heterocycles. The molecule has 1 aromatic carbocycles. The lowest BCUT2D eigenvalue weighted by molar-refractivity contribution is -0.133. The van der Waals surface area contributed by atoms with Crippen LogP contribution in [0.4, 0.5) is 0 Å². The Labute approximate surface area is 167 Å². The topological polar surface area (TPSA) is 100 Å². The van der Waals surface area contributed by atoms with Gasteiger partial charge in [-0.2, -0.15) is 10.4 Å². The number of hydrogen-bond acceptors (Lipinski definition) is 6. The molecule has 0 bridgehead atoms. The van der Waals surface area contributed by atoms with Gasteiger partial charge in [-0.3, -0.25) is 23.7 Å². The molecule has 0 N–H and O–H groups in total. The van der Waals surface area contributed by atoms with E-state index in [1.807, 2.05) is 30.3 Å². The number of nitrogens with zero attached hydrogens (tertiary/aromatic N) is 7. The molecule has 1 atom stereocenters. The number of piperazine rings is 1. The number of rotatable bonds is 4. The van der Waals surface area contributed by atoms with Crippen molar-refractivity contribution < 1.29 is 4.79 Å². The molecule has 9 nitrogen and oxygen atoms in total. The average Bonchev–Trinajstić information content (AvgIpc) is 3.13. The summed E-state index contributed by atoms with van der Waals surface area (Å²) in [6, 6.07) is 11.7. The van der Waals surface area contributed by atoms with E-state index in [9.17, 15) is 14.9 Å². The van der Waals surface area contributed by atoms with Gasteiger partial charge in [-0.15, -0.1) is 0 Å². The van der Waals surface area contributed by atoms with Crippen molar-refractivity contribution >= 4 is 16.9 Å². The van der Waals surface area contributed by atoms with E-state index in [-0.39, 0.29) is 24.1 Å². The molecule has 0 spiro atoms. The molecule has 3 aromatic rings. The molecule has 0 aliphatic carbocycles. The fourth-order valence-corrected chi connectivity index (χ4v) is 3.66. The van der Waals surface area contributed by atoms with Gasteiger partial charge in [0.1, 0.15) is 24.3 Å². The molecule has 1 fully saturated rings. The van der Waals surface area contributed by atoms with Gasteiger partial charge < -0.3 is 4.90 Å². The minimum atomic E-state index is -0.326. The third kappa shape index (κ3) is 3.62. The Morgan fingerprint density at radius 2 is 1.93 bits per heavy atom. The third-order valence-corrected chi connectivity index (χ3v) is 5.29. The molecule has 4 rings (SSSR count). The smallest absolute Gasteiger partial charge is 0.264 e. The number of benzene rings is 1. The number of aromatic nitrogens is 4. The minimum Gasteiger partial charge on any atom is -0.339 e. The van der Waals surface area contributed by atoms with E-state index in [2.05, 4.69) is 21.1 Å². The van der Waals surface area contributed by atoms with Gasteiger partial charge >= 0.3 is 0 Å². The lowest BCUT2D eigenvalue weighted by Crippen LogP contribution is -2.50. The largest absolute Gasteiger partial charge is 0.339 e. The van der Waals surface area contributed by atoms with Crippen molar-refractivity contribution in [1.29, 1.82) is 5.26 Å². The van der Waals surface area contributed by atoms with Crippen LogP contribution in [0.3, 0.4) is 0 Å². The van der Waals surface area contributed by atoms with Crippen LogP contribution < -0.4 is 5.56 Å². The predicted molar refractivity (Wildman–Crippen MR) is 106 cm³/mol. The molecule has 1 aliphatic rings. The van der Waals surface area contributed by atoms with Crippen molar-refractivity contribution in [3.05, 3.63) is 58.8 Å². The second-order valence-corrected chi connectivity index (χ2v) is 7.04. The van der Waals surface area contributed by atoms with E-state index in [0.29, 0.717) is 37.2 Å². The van der Waals surface area contributed by atoms with Crippen LogP contribution in [0.5, 0.6) is 0 Å². The molecule has 29 heavy (non-hydrogen) atoms. The highest BCUT2D eigenvalue weighted by molar-refractivity contribution is 5.77. The standard InChI is InChI=1S/C20H21N7O2/c1-24-19-16(12-23-24)20(29)27(14-22-19)13-18(28)26-9-7-25(8-10-26)17(11-21)15-5-3-2-4-6-15/h2-6,12,14,17H,7-10,13H2,1H3/t17-/m1/s1. The SMILES string of the molecule is Cn1ncc2c(=O)n(CC(=O)N3CCN([C@H](C#N)c4ccccc4)CC3)cnc21. The molecular weight excluding hydrogens is 370 g/mol. The first-order valence-corrected chi connectivity index (χ1v) is 9.42. The second kappa shape index (κ2) is 7.85. The number of nitriles is 1. The molecule has 0 saturated carbocycles. The summed E-state index contributed by atoms with van der Waals surface area (Å²) in [5, 5.41) is 14.0. The first-order chi connectivity index (χ1) is 14.1. The average molecular weight is 391 g/mol. The van der Waals surface area contributed by atoms with Gasteiger partial charge in [0.25, 0.3) is 5.56 Å². The highest BCUT2D eigenvalue weighted by Gasteiger charge is 2.27. The summed E-state index contributed by atoms with van der Waals surface area (Å²) in [6.45, 7) is 2.18. The van der Waals surface area contributed by atoms with Crippen molar-refractivity contribution in [2.75, 3.05) is 26.2 Å². The van der Waals surface area contributed by atoms with Crippen LogP contribution in [0, 0.1) is 11.3 Å². The Morgan fingerprint density at radius 3 is 2.62 bits per heavy atom. The fraction of sp³-hybridized carbons (Fsp3) is 0.350. The van der Waals surface area contributed by atoms with Crippen LogP contribution in [0.25, 0.3) is 11.0 Å². The van der Waals surface area contributed by atoms with Gasteiger partial charge in [-0.1, -0.05) is 30.3 Å². The highest BCUT2D eigenvalue weighted by Crippen LogP contribution is 2.21. The number of aryl methyl sites for hydroxylation is 1. The van der Waals surface area contributed by atoms with Crippen LogP contribution in [-0.4, -0.2) is 61.2 Å². The summed E-state index contributed by atoms with van der Waals surface area (Å²) >= 11 is 0.